The second-order valence-electron chi connectivity index (χ2n) is 2.39. The van der Waals surface area contributed by atoms with Gasteiger partial charge in [0.25, 0.3) is 0 Å². The van der Waals surface area contributed by atoms with Crippen LogP contribution in [0.25, 0.3) is 0 Å². The Morgan fingerprint density at radius 2 is 2.13 bits per heavy atom. The largest absolute Gasteiger partial charge is 0.493 e. The fraction of sp³-hybridized carbons (Fsp3) is 0.545. The fourth-order valence-corrected chi connectivity index (χ4v) is 1.75. The van der Waals surface area contributed by atoms with E-state index in [2.05, 4.69) is 4.74 Å². The number of methoxy groups -OCH3 is 1. The molecule has 1 heterocycles. The summed E-state index contributed by atoms with van der Waals surface area (Å²) in [5.74, 6) is 0.557. The van der Waals surface area contributed by atoms with E-state index < -0.39 is 0 Å². The standard InChI is InChI=1S/C9H12O3S.C2H6/c1-3-12-7-4-5-13-8(7)6-9(10)11-2;1-2/h4-5H,3,6H2,1-2H3;1-2H3. The van der Waals surface area contributed by atoms with Crippen molar-refractivity contribution in [2.75, 3.05) is 13.7 Å². The summed E-state index contributed by atoms with van der Waals surface area (Å²) in [5.41, 5.74) is 0. The SMILES string of the molecule is CC.CCOc1ccsc1CC(=O)OC. The number of rotatable bonds is 4. The smallest absolute Gasteiger partial charge is 0.310 e. The van der Waals surface area contributed by atoms with Crippen molar-refractivity contribution >= 4 is 17.3 Å². The number of hydrogen-bond donors (Lipinski definition) is 0. The average molecular weight is 230 g/mol. The Morgan fingerprint density at radius 3 is 2.67 bits per heavy atom. The molecule has 0 spiro atoms. The van der Waals surface area contributed by atoms with Crippen molar-refractivity contribution in [1.29, 1.82) is 0 Å². The van der Waals surface area contributed by atoms with E-state index in [-0.39, 0.29) is 5.97 Å². The van der Waals surface area contributed by atoms with E-state index in [1.54, 1.807) is 0 Å². The van der Waals surface area contributed by atoms with Gasteiger partial charge in [-0.2, -0.15) is 0 Å². The normalized spacial score (nSPS) is 8.80. The quantitative estimate of drug-likeness (QED) is 0.746. The zero-order valence-corrected chi connectivity index (χ0v) is 10.5. The predicted octanol–water partition coefficient (Wildman–Crippen LogP) is 2.89. The van der Waals surface area contributed by atoms with Crippen molar-refractivity contribution in [2.45, 2.75) is 27.2 Å². The Balaban J connectivity index is 0.000000921. The zero-order valence-electron chi connectivity index (χ0n) is 9.70. The Hall–Kier alpha value is -1.03. The van der Waals surface area contributed by atoms with E-state index in [1.165, 1.54) is 18.4 Å². The highest BCUT2D eigenvalue weighted by Gasteiger charge is 2.09. The second-order valence-corrected chi connectivity index (χ2v) is 3.39. The molecule has 0 fully saturated rings. The molecule has 1 rings (SSSR count). The van der Waals surface area contributed by atoms with Crippen molar-refractivity contribution in [3.8, 4) is 5.75 Å². The van der Waals surface area contributed by atoms with Gasteiger partial charge in [-0.15, -0.1) is 11.3 Å². The van der Waals surface area contributed by atoms with Gasteiger partial charge >= 0.3 is 5.97 Å². The van der Waals surface area contributed by atoms with Gasteiger partial charge in [0.15, 0.2) is 0 Å². The third-order valence-electron chi connectivity index (χ3n) is 1.54. The molecule has 1 aromatic heterocycles. The highest BCUT2D eigenvalue weighted by Crippen LogP contribution is 2.25. The summed E-state index contributed by atoms with van der Waals surface area (Å²) >= 11 is 1.51. The van der Waals surface area contributed by atoms with Crippen LogP contribution >= 0.6 is 11.3 Å². The first-order chi connectivity index (χ1) is 7.27. The number of ether oxygens (including phenoxy) is 2. The number of carbonyl (C=O) groups excluding carboxylic acids is 1. The summed E-state index contributed by atoms with van der Waals surface area (Å²) < 4.78 is 9.89. The molecule has 15 heavy (non-hydrogen) atoms. The summed E-state index contributed by atoms with van der Waals surface area (Å²) in [7, 11) is 1.39. The number of esters is 1. The monoisotopic (exact) mass is 230 g/mol. The molecule has 1 aromatic rings. The van der Waals surface area contributed by atoms with Crippen LogP contribution in [0.4, 0.5) is 0 Å². The minimum absolute atomic E-state index is 0.233. The van der Waals surface area contributed by atoms with Gasteiger partial charge < -0.3 is 9.47 Å². The van der Waals surface area contributed by atoms with Crippen molar-refractivity contribution in [1.82, 2.24) is 0 Å². The van der Waals surface area contributed by atoms with Crippen LogP contribution in [0.15, 0.2) is 11.4 Å². The van der Waals surface area contributed by atoms with Crippen LogP contribution in [0.3, 0.4) is 0 Å². The first-order valence-corrected chi connectivity index (χ1v) is 5.91. The third kappa shape index (κ3) is 4.83. The summed E-state index contributed by atoms with van der Waals surface area (Å²) in [6, 6.07) is 1.87. The molecule has 0 aromatic carbocycles. The molecule has 0 N–H and O–H groups in total. The lowest BCUT2D eigenvalue weighted by Gasteiger charge is -2.02. The van der Waals surface area contributed by atoms with Gasteiger partial charge in [0.2, 0.25) is 0 Å². The van der Waals surface area contributed by atoms with Crippen LogP contribution < -0.4 is 4.74 Å². The molecular weight excluding hydrogens is 212 g/mol. The van der Waals surface area contributed by atoms with Crippen LogP contribution in [-0.4, -0.2) is 19.7 Å². The molecule has 0 saturated carbocycles. The second kappa shape index (κ2) is 8.29. The first kappa shape index (κ1) is 14.0. The lowest BCUT2D eigenvalue weighted by molar-refractivity contribution is -0.139. The van der Waals surface area contributed by atoms with E-state index in [9.17, 15) is 4.79 Å². The van der Waals surface area contributed by atoms with Gasteiger partial charge in [-0.1, -0.05) is 13.8 Å². The van der Waals surface area contributed by atoms with E-state index in [0.29, 0.717) is 13.0 Å². The molecule has 4 heteroatoms. The Bertz CT molecular complexity index is 281. The van der Waals surface area contributed by atoms with Crippen LogP contribution in [0.1, 0.15) is 25.6 Å². The zero-order chi connectivity index (χ0) is 11.7. The van der Waals surface area contributed by atoms with E-state index in [4.69, 9.17) is 4.74 Å². The van der Waals surface area contributed by atoms with Gasteiger partial charge in [0.1, 0.15) is 5.75 Å². The summed E-state index contributed by atoms with van der Waals surface area (Å²) in [6.07, 6.45) is 0.295. The van der Waals surface area contributed by atoms with E-state index >= 15 is 0 Å². The minimum Gasteiger partial charge on any atom is -0.493 e. The minimum atomic E-state index is -0.233. The fourth-order valence-electron chi connectivity index (χ4n) is 0.945. The van der Waals surface area contributed by atoms with Crippen LogP contribution in [-0.2, 0) is 16.0 Å². The maximum atomic E-state index is 11.0. The molecule has 0 saturated heterocycles. The average Bonchev–Trinajstić information content (AvgIpc) is 2.69. The summed E-state index contributed by atoms with van der Waals surface area (Å²) in [4.78, 5) is 11.9. The van der Waals surface area contributed by atoms with Crippen LogP contribution in [0.2, 0.25) is 0 Å². The Morgan fingerprint density at radius 1 is 1.47 bits per heavy atom. The third-order valence-corrected chi connectivity index (χ3v) is 2.44. The molecule has 3 nitrogen and oxygen atoms in total. The van der Waals surface area contributed by atoms with Crippen LogP contribution in [0.5, 0.6) is 5.75 Å². The molecule has 0 bridgehead atoms. The summed E-state index contributed by atoms with van der Waals surface area (Å²) in [5, 5.41) is 1.91. The highest BCUT2D eigenvalue weighted by atomic mass is 32.1. The molecule has 0 aliphatic carbocycles. The molecule has 0 radical (unpaired) electrons. The van der Waals surface area contributed by atoms with Crippen molar-refractivity contribution in [3.63, 3.8) is 0 Å². The topological polar surface area (TPSA) is 35.5 Å². The van der Waals surface area contributed by atoms with Gasteiger partial charge in [0, 0.05) is 0 Å². The number of carbonyl (C=O) groups is 1. The predicted molar refractivity (Wildman–Crippen MR) is 62.6 cm³/mol. The molecule has 0 amide bonds. The lowest BCUT2D eigenvalue weighted by Crippen LogP contribution is -2.04. The number of hydrogen-bond acceptors (Lipinski definition) is 4. The Labute approximate surface area is 95.0 Å². The molecule has 0 aliphatic heterocycles. The van der Waals surface area contributed by atoms with Crippen molar-refractivity contribution in [3.05, 3.63) is 16.3 Å². The van der Waals surface area contributed by atoms with Gasteiger partial charge in [-0.25, -0.2) is 0 Å². The van der Waals surface area contributed by atoms with Gasteiger partial charge in [-0.3, -0.25) is 4.79 Å². The van der Waals surface area contributed by atoms with E-state index in [1.807, 2.05) is 32.2 Å². The van der Waals surface area contributed by atoms with Gasteiger partial charge in [0.05, 0.1) is 25.0 Å². The van der Waals surface area contributed by atoms with Crippen molar-refractivity contribution in [2.24, 2.45) is 0 Å². The maximum absolute atomic E-state index is 11.0. The first-order valence-electron chi connectivity index (χ1n) is 5.04. The molecule has 0 atom stereocenters. The molecule has 0 unspecified atom stereocenters. The van der Waals surface area contributed by atoms with E-state index in [0.717, 1.165) is 10.6 Å². The molecule has 86 valence electrons. The molecule has 0 aliphatic rings. The maximum Gasteiger partial charge on any atom is 0.310 e. The van der Waals surface area contributed by atoms with Crippen LogP contribution in [0, 0.1) is 0 Å². The lowest BCUT2D eigenvalue weighted by atomic mass is 10.3. The Kier molecular flexibility index (Phi) is 7.72. The van der Waals surface area contributed by atoms with Gasteiger partial charge in [-0.05, 0) is 18.4 Å². The molecular formula is C11H18O3S. The van der Waals surface area contributed by atoms with Crippen molar-refractivity contribution < 1.29 is 14.3 Å². The highest BCUT2D eigenvalue weighted by molar-refractivity contribution is 7.10. The number of thiophene rings is 1. The summed E-state index contributed by atoms with van der Waals surface area (Å²) in [6.45, 7) is 6.53.